The number of nitrogens with one attached hydrogen (secondary N) is 1. The minimum absolute atomic E-state index is 0.0370. The highest BCUT2D eigenvalue weighted by molar-refractivity contribution is 5.94. The van der Waals surface area contributed by atoms with Crippen molar-refractivity contribution >= 4 is 11.8 Å². The molecule has 3 N–H and O–H groups in total. The first-order valence-corrected chi connectivity index (χ1v) is 11.3. The molecule has 2 amide bonds. The van der Waals surface area contributed by atoms with Crippen LogP contribution < -0.4 is 15.8 Å². The lowest BCUT2D eigenvalue weighted by Gasteiger charge is -2.26. The molecule has 2 fully saturated rings. The van der Waals surface area contributed by atoms with E-state index in [9.17, 15) is 9.59 Å². The lowest BCUT2D eigenvalue weighted by Crippen LogP contribution is -2.39. The van der Waals surface area contributed by atoms with E-state index < -0.39 is 5.91 Å². The zero-order valence-electron chi connectivity index (χ0n) is 17.9. The largest absolute Gasteiger partial charge is 0.457 e. The molecule has 0 spiro atoms. The van der Waals surface area contributed by atoms with Crippen LogP contribution in [-0.2, 0) is 0 Å². The van der Waals surface area contributed by atoms with Crippen LogP contribution in [0.5, 0.6) is 11.5 Å². The average molecular weight is 422 g/mol. The van der Waals surface area contributed by atoms with Crippen molar-refractivity contribution in [3.05, 3.63) is 59.7 Å². The fraction of sp³-hybridized carbons (Fsp3) is 0.440. The molecule has 0 radical (unpaired) electrons. The number of rotatable bonds is 6. The summed E-state index contributed by atoms with van der Waals surface area (Å²) in [5.41, 5.74) is 6.31. The summed E-state index contributed by atoms with van der Waals surface area (Å²) in [6, 6.07) is 14.7. The molecule has 1 heterocycles. The first-order valence-electron chi connectivity index (χ1n) is 11.3. The number of nitrogens with two attached hydrogens (primary N) is 1. The quantitative estimate of drug-likeness (QED) is 0.688. The fourth-order valence-electron chi connectivity index (χ4n) is 4.63. The smallest absolute Gasteiger partial charge is 0.251 e. The Kier molecular flexibility index (Phi) is 6.87. The van der Waals surface area contributed by atoms with Crippen molar-refractivity contribution < 1.29 is 14.3 Å². The summed E-state index contributed by atoms with van der Waals surface area (Å²) >= 11 is 0. The van der Waals surface area contributed by atoms with Gasteiger partial charge in [-0.3, -0.25) is 14.5 Å². The van der Waals surface area contributed by atoms with Crippen molar-refractivity contribution in [2.24, 2.45) is 5.73 Å². The zero-order chi connectivity index (χ0) is 21.6. The molecule has 1 aliphatic carbocycles. The summed E-state index contributed by atoms with van der Waals surface area (Å²) in [7, 11) is 0. The average Bonchev–Trinajstić information content (AvgIpc) is 3.06. The number of benzene rings is 2. The molecule has 6 nitrogen and oxygen atoms in total. The molecule has 6 heteroatoms. The summed E-state index contributed by atoms with van der Waals surface area (Å²) in [5.74, 6) is 0.724. The zero-order valence-corrected chi connectivity index (χ0v) is 17.9. The Morgan fingerprint density at radius 3 is 2.00 bits per heavy atom. The van der Waals surface area contributed by atoms with Crippen molar-refractivity contribution in [1.82, 2.24) is 10.2 Å². The standard InChI is InChI=1S/C25H31N3O3/c26-24(29)18-7-11-22(12-8-18)31-23-13-9-19(10-14-23)25(30)27-20-15-16-28(17-20)21-5-3-1-2-4-6-21/h7-14,20-21H,1-6,15-17H2,(H2,26,29)(H,27,30). The highest BCUT2D eigenvalue weighted by atomic mass is 16.5. The molecule has 31 heavy (non-hydrogen) atoms. The van der Waals surface area contributed by atoms with Gasteiger partial charge in [0.25, 0.3) is 5.91 Å². The van der Waals surface area contributed by atoms with Gasteiger partial charge < -0.3 is 15.8 Å². The lowest BCUT2D eigenvalue weighted by atomic mass is 10.1. The molecule has 2 aliphatic rings. The van der Waals surface area contributed by atoms with E-state index >= 15 is 0 Å². The lowest BCUT2D eigenvalue weighted by molar-refractivity contribution is 0.0934. The third-order valence-electron chi connectivity index (χ3n) is 6.39. The first kappa shape index (κ1) is 21.4. The summed E-state index contributed by atoms with van der Waals surface area (Å²) < 4.78 is 5.78. The van der Waals surface area contributed by atoms with E-state index in [0.29, 0.717) is 28.7 Å². The second-order valence-electron chi connectivity index (χ2n) is 8.61. The van der Waals surface area contributed by atoms with Crippen molar-refractivity contribution in [3.63, 3.8) is 0 Å². The number of carbonyl (C=O) groups is 2. The molecule has 1 unspecified atom stereocenters. The Balaban J connectivity index is 1.28. The van der Waals surface area contributed by atoms with Crippen LogP contribution in [0.1, 0.15) is 65.7 Å². The highest BCUT2D eigenvalue weighted by Gasteiger charge is 2.29. The number of nitrogens with zero attached hydrogens (tertiary/aromatic N) is 1. The number of primary amides is 1. The maximum Gasteiger partial charge on any atom is 0.251 e. The Morgan fingerprint density at radius 2 is 1.42 bits per heavy atom. The maximum absolute atomic E-state index is 12.7. The van der Waals surface area contributed by atoms with Gasteiger partial charge in [-0.05, 0) is 67.8 Å². The van der Waals surface area contributed by atoms with Crippen LogP contribution in [-0.4, -0.2) is 41.9 Å². The molecule has 1 atom stereocenters. The number of likely N-dealkylation sites (tertiary alicyclic amines) is 1. The van der Waals surface area contributed by atoms with Crippen molar-refractivity contribution in [3.8, 4) is 11.5 Å². The van der Waals surface area contributed by atoms with Gasteiger partial charge in [-0.1, -0.05) is 25.7 Å². The number of hydrogen-bond acceptors (Lipinski definition) is 4. The Hall–Kier alpha value is -2.86. The second-order valence-corrected chi connectivity index (χ2v) is 8.61. The molecular weight excluding hydrogens is 390 g/mol. The van der Waals surface area contributed by atoms with Crippen LogP contribution in [0.15, 0.2) is 48.5 Å². The predicted molar refractivity (Wildman–Crippen MR) is 120 cm³/mol. The molecule has 0 aromatic heterocycles. The molecule has 0 bridgehead atoms. The van der Waals surface area contributed by atoms with E-state index in [0.717, 1.165) is 19.5 Å². The molecule has 164 valence electrons. The van der Waals surface area contributed by atoms with Crippen molar-refractivity contribution in [1.29, 1.82) is 0 Å². The summed E-state index contributed by atoms with van der Waals surface area (Å²) in [4.78, 5) is 26.4. The molecule has 1 saturated heterocycles. The Bertz CT molecular complexity index is 887. The van der Waals surface area contributed by atoms with Crippen LogP contribution in [0.3, 0.4) is 0 Å². The molecule has 2 aromatic rings. The summed E-state index contributed by atoms with van der Waals surface area (Å²) in [5, 5.41) is 3.20. The summed E-state index contributed by atoms with van der Waals surface area (Å²) in [6.45, 7) is 2.04. The molecule has 1 saturated carbocycles. The van der Waals surface area contributed by atoms with Crippen molar-refractivity contribution in [2.45, 2.75) is 57.0 Å². The molecular formula is C25H31N3O3. The van der Waals surface area contributed by atoms with Gasteiger partial charge in [0.05, 0.1) is 0 Å². The number of carbonyl (C=O) groups excluding carboxylic acids is 2. The van der Waals surface area contributed by atoms with E-state index in [-0.39, 0.29) is 11.9 Å². The van der Waals surface area contributed by atoms with Gasteiger partial charge in [-0.25, -0.2) is 0 Å². The van der Waals surface area contributed by atoms with Gasteiger partial charge in [-0.2, -0.15) is 0 Å². The second kappa shape index (κ2) is 9.96. The van der Waals surface area contributed by atoms with E-state index in [4.69, 9.17) is 10.5 Å². The maximum atomic E-state index is 12.7. The van der Waals surface area contributed by atoms with Gasteiger partial charge >= 0.3 is 0 Å². The van der Waals surface area contributed by atoms with Crippen LogP contribution in [0.25, 0.3) is 0 Å². The molecule has 1 aliphatic heterocycles. The van der Waals surface area contributed by atoms with Gasteiger partial charge in [0.2, 0.25) is 5.91 Å². The van der Waals surface area contributed by atoms with E-state index in [1.54, 1.807) is 48.5 Å². The van der Waals surface area contributed by atoms with Crippen LogP contribution in [0, 0.1) is 0 Å². The topological polar surface area (TPSA) is 84.7 Å². The normalized spacial score (nSPS) is 20.2. The minimum atomic E-state index is -0.471. The van der Waals surface area contributed by atoms with Crippen LogP contribution in [0.4, 0.5) is 0 Å². The van der Waals surface area contributed by atoms with Gasteiger partial charge in [0, 0.05) is 36.3 Å². The van der Waals surface area contributed by atoms with Crippen LogP contribution >= 0.6 is 0 Å². The Morgan fingerprint density at radius 1 is 0.839 bits per heavy atom. The fourth-order valence-corrected chi connectivity index (χ4v) is 4.63. The predicted octanol–water partition coefficient (Wildman–Crippen LogP) is 4.10. The minimum Gasteiger partial charge on any atom is -0.457 e. The molecule has 4 rings (SSSR count). The SMILES string of the molecule is NC(=O)c1ccc(Oc2ccc(C(=O)NC3CCN(C4CCCCCC4)C3)cc2)cc1. The number of amides is 2. The number of hydrogen-bond donors (Lipinski definition) is 2. The number of ether oxygens (including phenoxy) is 1. The van der Waals surface area contributed by atoms with E-state index in [2.05, 4.69) is 10.2 Å². The van der Waals surface area contributed by atoms with E-state index in [1.807, 2.05) is 0 Å². The highest BCUT2D eigenvalue weighted by Crippen LogP contribution is 2.26. The monoisotopic (exact) mass is 421 g/mol. The Labute approximate surface area is 183 Å². The third-order valence-corrected chi connectivity index (χ3v) is 6.39. The molecule has 2 aromatic carbocycles. The first-order chi connectivity index (χ1) is 15.1. The van der Waals surface area contributed by atoms with Gasteiger partial charge in [0.1, 0.15) is 11.5 Å². The third kappa shape index (κ3) is 5.64. The van der Waals surface area contributed by atoms with Crippen molar-refractivity contribution in [2.75, 3.05) is 13.1 Å². The van der Waals surface area contributed by atoms with Gasteiger partial charge in [0.15, 0.2) is 0 Å². The van der Waals surface area contributed by atoms with Crippen LogP contribution in [0.2, 0.25) is 0 Å². The van der Waals surface area contributed by atoms with Gasteiger partial charge in [-0.15, -0.1) is 0 Å². The summed E-state index contributed by atoms with van der Waals surface area (Å²) in [6.07, 6.45) is 9.01. The van der Waals surface area contributed by atoms with E-state index in [1.165, 1.54) is 38.5 Å².